The maximum absolute atomic E-state index is 10.7. The highest BCUT2D eigenvalue weighted by molar-refractivity contribution is 6.35. The van der Waals surface area contributed by atoms with E-state index in [2.05, 4.69) is 21.6 Å². The number of nitrogens with zero attached hydrogens (tertiary/aromatic N) is 1. The lowest BCUT2D eigenvalue weighted by Gasteiger charge is -1.94. The number of aromatic nitrogens is 1. The van der Waals surface area contributed by atoms with Crippen LogP contribution in [0.3, 0.4) is 0 Å². The zero-order chi connectivity index (χ0) is 10.6. The summed E-state index contributed by atoms with van der Waals surface area (Å²) in [5.41, 5.74) is 0.293. The van der Waals surface area contributed by atoms with E-state index in [4.69, 9.17) is 23.2 Å². The first kappa shape index (κ1) is 10.8. The van der Waals surface area contributed by atoms with Gasteiger partial charge in [-0.3, -0.25) is 0 Å². The van der Waals surface area contributed by atoms with Gasteiger partial charge >= 0.3 is 5.97 Å². The van der Waals surface area contributed by atoms with Crippen molar-refractivity contribution in [1.82, 2.24) is 4.98 Å². The molecule has 0 fully saturated rings. The highest BCUT2D eigenvalue weighted by Gasteiger charge is 1.99. The Labute approximate surface area is 91.0 Å². The molecule has 0 saturated heterocycles. The number of hydrogen-bond acceptors (Lipinski definition) is 3. The number of methoxy groups -OCH3 is 1. The molecule has 3 nitrogen and oxygen atoms in total. The Morgan fingerprint density at radius 1 is 1.57 bits per heavy atom. The third-order valence-electron chi connectivity index (χ3n) is 1.28. The minimum atomic E-state index is -0.641. The van der Waals surface area contributed by atoms with Crippen LogP contribution < -0.4 is 0 Å². The molecule has 0 aromatic carbocycles. The molecule has 0 radical (unpaired) electrons. The van der Waals surface area contributed by atoms with E-state index in [1.54, 1.807) is 0 Å². The van der Waals surface area contributed by atoms with Crippen LogP contribution >= 0.6 is 23.2 Å². The van der Waals surface area contributed by atoms with Crippen LogP contribution in [0.15, 0.2) is 12.3 Å². The number of carbonyl (C=O) groups is 1. The fraction of sp³-hybridized carbons (Fsp3) is 0.111. The molecule has 0 bridgehead atoms. The van der Waals surface area contributed by atoms with Crippen LogP contribution in [-0.4, -0.2) is 18.1 Å². The van der Waals surface area contributed by atoms with Gasteiger partial charge in [0.2, 0.25) is 0 Å². The molecule has 0 N–H and O–H groups in total. The van der Waals surface area contributed by atoms with Crippen molar-refractivity contribution in [3.63, 3.8) is 0 Å². The molecule has 0 saturated carbocycles. The van der Waals surface area contributed by atoms with Gasteiger partial charge in [0, 0.05) is 12.1 Å². The Balaban J connectivity index is 2.96. The summed E-state index contributed by atoms with van der Waals surface area (Å²) < 4.78 is 4.33. The normalized spacial score (nSPS) is 8.79. The van der Waals surface area contributed by atoms with Gasteiger partial charge in [0.15, 0.2) is 0 Å². The number of carbonyl (C=O) groups excluding carboxylic acids is 1. The average molecular weight is 230 g/mol. The summed E-state index contributed by atoms with van der Waals surface area (Å²) in [7, 11) is 1.24. The molecule has 1 rings (SSSR count). The summed E-state index contributed by atoms with van der Waals surface area (Å²) in [5.74, 6) is 4.03. The zero-order valence-electron chi connectivity index (χ0n) is 7.17. The van der Waals surface area contributed by atoms with Crippen LogP contribution in [0.5, 0.6) is 0 Å². The smallest absolute Gasteiger partial charge is 0.384 e. The molecule has 0 spiro atoms. The van der Waals surface area contributed by atoms with Gasteiger partial charge in [-0.2, -0.15) is 0 Å². The number of halogens is 2. The van der Waals surface area contributed by atoms with Crippen molar-refractivity contribution in [3.8, 4) is 11.8 Å². The third kappa shape index (κ3) is 2.91. The second-order valence-electron chi connectivity index (χ2n) is 2.23. The van der Waals surface area contributed by atoms with Gasteiger partial charge < -0.3 is 4.74 Å². The Kier molecular flexibility index (Phi) is 3.75. The van der Waals surface area contributed by atoms with Gasteiger partial charge in [0.1, 0.15) is 5.69 Å². The molecule has 1 aromatic heterocycles. The van der Waals surface area contributed by atoms with Crippen molar-refractivity contribution in [3.05, 3.63) is 28.0 Å². The highest BCUT2D eigenvalue weighted by Crippen LogP contribution is 2.17. The van der Waals surface area contributed by atoms with Gasteiger partial charge in [-0.25, -0.2) is 9.78 Å². The summed E-state index contributed by atoms with van der Waals surface area (Å²) >= 11 is 11.4. The van der Waals surface area contributed by atoms with Gasteiger partial charge in [-0.1, -0.05) is 23.2 Å². The van der Waals surface area contributed by atoms with E-state index in [1.165, 1.54) is 19.4 Å². The molecule has 0 aliphatic heterocycles. The molecule has 0 atom stereocenters. The first-order valence-corrected chi connectivity index (χ1v) is 4.30. The monoisotopic (exact) mass is 229 g/mol. The van der Waals surface area contributed by atoms with Crippen molar-refractivity contribution in [2.24, 2.45) is 0 Å². The average Bonchev–Trinajstić information content (AvgIpc) is 2.16. The van der Waals surface area contributed by atoms with E-state index in [0.29, 0.717) is 15.7 Å². The highest BCUT2D eigenvalue weighted by atomic mass is 35.5. The molecule has 5 heteroatoms. The topological polar surface area (TPSA) is 39.2 Å². The Hall–Kier alpha value is -1.24. The largest absolute Gasteiger partial charge is 0.459 e. The van der Waals surface area contributed by atoms with Gasteiger partial charge in [-0.05, 0) is 12.0 Å². The minimum Gasteiger partial charge on any atom is -0.459 e. The lowest BCUT2D eigenvalue weighted by atomic mass is 10.3. The fourth-order valence-electron chi connectivity index (χ4n) is 0.668. The van der Waals surface area contributed by atoms with E-state index in [9.17, 15) is 4.79 Å². The fourth-order valence-corrected chi connectivity index (χ4v) is 1.10. The number of pyridine rings is 1. The minimum absolute atomic E-state index is 0.293. The summed E-state index contributed by atoms with van der Waals surface area (Å²) in [6.07, 6.45) is 1.40. The van der Waals surface area contributed by atoms with Gasteiger partial charge in [0.05, 0.1) is 17.2 Å². The summed E-state index contributed by atoms with van der Waals surface area (Å²) in [6, 6.07) is 1.50. The quantitative estimate of drug-likeness (QED) is 0.504. The lowest BCUT2D eigenvalue weighted by Crippen LogP contribution is -1.95. The molecular weight excluding hydrogens is 225 g/mol. The predicted octanol–water partition coefficient (Wildman–Crippen LogP) is 1.91. The van der Waals surface area contributed by atoms with Gasteiger partial charge in [0.25, 0.3) is 0 Å². The van der Waals surface area contributed by atoms with E-state index in [1.807, 2.05) is 0 Å². The second kappa shape index (κ2) is 4.85. The van der Waals surface area contributed by atoms with E-state index in [0.717, 1.165) is 0 Å². The van der Waals surface area contributed by atoms with Crippen LogP contribution in [0.1, 0.15) is 5.69 Å². The standard InChI is InChI=1S/C9H5Cl2NO2/c1-14-9(13)3-2-8-7(11)4-6(10)5-12-8/h4-5H,1H3. The van der Waals surface area contributed by atoms with Crippen LogP contribution in [0, 0.1) is 11.8 Å². The van der Waals surface area contributed by atoms with E-state index < -0.39 is 5.97 Å². The van der Waals surface area contributed by atoms with Crippen molar-refractivity contribution < 1.29 is 9.53 Å². The molecule has 0 aliphatic rings. The van der Waals surface area contributed by atoms with Crippen LogP contribution in [0.2, 0.25) is 10.0 Å². The Bertz CT molecular complexity index is 421. The third-order valence-corrected chi connectivity index (χ3v) is 1.77. The maximum atomic E-state index is 10.7. The number of hydrogen-bond donors (Lipinski definition) is 0. The molecule has 0 unspecified atom stereocenters. The Morgan fingerprint density at radius 3 is 2.86 bits per heavy atom. The van der Waals surface area contributed by atoms with Crippen LogP contribution in [-0.2, 0) is 9.53 Å². The van der Waals surface area contributed by atoms with Gasteiger partial charge in [-0.15, -0.1) is 0 Å². The molecule has 0 amide bonds. The number of ether oxygens (including phenoxy) is 1. The van der Waals surface area contributed by atoms with Crippen LogP contribution in [0.25, 0.3) is 0 Å². The summed E-state index contributed by atoms with van der Waals surface area (Å²) in [5, 5.41) is 0.715. The molecule has 0 aliphatic carbocycles. The molecule has 1 aromatic rings. The molecule has 14 heavy (non-hydrogen) atoms. The maximum Gasteiger partial charge on any atom is 0.384 e. The number of esters is 1. The second-order valence-corrected chi connectivity index (χ2v) is 3.07. The van der Waals surface area contributed by atoms with Crippen LogP contribution in [0.4, 0.5) is 0 Å². The predicted molar refractivity (Wildman–Crippen MR) is 53.2 cm³/mol. The van der Waals surface area contributed by atoms with Crippen molar-refractivity contribution in [2.75, 3.05) is 7.11 Å². The number of rotatable bonds is 0. The van der Waals surface area contributed by atoms with Crippen molar-refractivity contribution in [2.45, 2.75) is 0 Å². The van der Waals surface area contributed by atoms with E-state index in [-0.39, 0.29) is 0 Å². The molecule has 1 heterocycles. The molecular formula is C9H5Cl2NO2. The first-order valence-electron chi connectivity index (χ1n) is 3.54. The van der Waals surface area contributed by atoms with Crippen molar-refractivity contribution in [1.29, 1.82) is 0 Å². The van der Waals surface area contributed by atoms with E-state index >= 15 is 0 Å². The Morgan fingerprint density at radius 2 is 2.29 bits per heavy atom. The molecule has 72 valence electrons. The first-order chi connectivity index (χ1) is 6.63. The summed E-state index contributed by atoms with van der Waals surface area (Å²) in [6.45, 7) is 0. The van der Waals surface area contributed by atoms with Crippen molar-refractivity contribution >= 4 is 29.2 Å². The zero-order valence-corrected chi connectivity index (χ0v) is 8.69. The lowest BCUT2D eigenvalue weighted by molar-refractivity contribution is -0.133. The summed E-state index contributed by atoms with van der Waals surface area (Å²) in [4.78, 5) is 14.5. The SMILES string of the molecule is COC(=O)C#Cc1ncc(Cl)cc1Cl.